The summed E-state index contributed by atoms with van der Waals surface area (Å²) in [4.78, 5) is 0. The Hall–Kier alpha value is -1.43. The molecule has 0 amide bonds. The molecule has 0 bridgehead atoms. The van der Waals surface area contributed by atoms with Crippen molar-refractivity contribution >= 4 is 15.9 Å². The molecule has 0 saturated heterocycles. The van der Waals surface area contributed by atoms with Crippen LogP contribution in [-0.4, -0.2) is 16.8 Å². The first kappa shape index (κ1) is 15.0. The van der Waals surface area contributed by atoms with Crippen LogP contribution in [0.3, 0.4) is 0 Å². The van der Waals surface area contributed by atoms with Crippen LogP contribution in [0.1, 0.15) is 17.2 Å². The van der Waals surface area contributed by atoms with Gasteiger partial charge in [-0.15, -0.1) is 0 Å². The van der Waals surface area contributed by atoms with E-state index in [2.05, 4.69) is 21.2 Å². The van der Waals surface area contributed by atoms with E-state index in [0.29, 0.717) is 6.54 Å². The number of aliphatic hydroxyl groups excluding tert-OH is 1. The van der Waals surface area contributed by atoms with E-state index in [9.17, 15) is 14.6 Å². The molecule has 0 saturated carbocycles. The molecule has 0 aliphatic carbocycles. The molecule has 0 aromatic heterocycles. The molecule has 1 atom stereocenters. The van der Waals surface area contributed by atoms with Crippen molar-refractivity contribution < 1.29 is 14.6 Å². The predicted molar refractivity (Wildman–Crippen MR) is 78.9 cm³/mol. The van der Waals surface area contributed by atoms with Crippen LogP contribution in [0.4, 0.5) is 4.39 Å². The Morgan fingerprint density at radius 2 is 1.95 bits per heavy atom. The van der Waals surface area contributed by atoms with Gasteiger partial charge >= 0.3 is 0 Å². The van der Waals surface area contributed by atoms with E-state index in [0.717, 1.165) is 10.0 Å². The quantitative estimate of drug-likeness (QED) is 0.784. The highest BCUT2D eigenvalue weighted by atomic mass is 79.9. The Kier molecular flexibility index (Phi) is 5.11. The molecule has 0 heterocycles. The van der Waals surface area contributed by atoms with Crippen LogP contribution in [0, 0.1) is 5.82 Å². The van der Waals surface area contributed by atoms with E-state index in [-0.39, 0.29) is 17.9 Å². The molecule has 0 spiro atoms. The smallest absolute Gasteiger partial charge is 0.129 e. The maximum absolute atomic E-state index is 13.5. The van der Waals surface area contributed by atoms with Crippen molar-refractivity contribution in [3.8, 4) is 5.75 Å². The van der Waals surface area contributed by atoms with Crippen LogP contribution in [0.25, 0.3) is 0 Å². The summed E-state index contributed by atoms with van der Waals surface area (Å²) in [7, 11) is 0. The van der Waals surface area contributed by atoms with Crippen molar-refractivity contribution in [2.45, 2.75) is 12.6 Å². The fourth-order valence-electron chi connectivity index (χ4n) is 1.90. The first-order valence-corrected chi connectivity index (χ1v) is 6.98. The molecule has 3 nitrogen and oxygen atoms in total. The van der Waals surface area contributed by atoms with E-state index >= 15 is 0 Å². The Bertz CT molecular complexity index is 592. The summed E-state index contributed by atoms with van der Waals surface area (Å²) >= 11 is 3.38. The monoisotopic (exact) mass is 339 g/mol. The Morgan fingerprint density at radius 3 is 2.70 bits per heavy atom. The van der Waals surface area contributed by atoms with Crippen molar-refractivity contribution in [1.29, 1.82) is 0 Å². The third kappa shape index (κ3) is 3.79. The number of phenols is 1. The summed E-state index contributed by atoms with van der Waals surface area (Å²) in [5.41, 5.74) is 1.14. The average Bonchev–Trinajstić information content (AvgIpc) is 2.43. The van der Waals surface area contributed by atoms with Crippen molar-refractivity contribution in [2.75, 3.05) is 6.54 Å². The molecule has 20 heavy (non-hydrogen) atoms. The molecular weight excluding hydrogens is 325 g/mol. The highest BCUT2D eigenvalue weighted by molar-refractivity contribution is 9.10. The van der Waals surface area contributed by atoms with Gasteiger partial charge in [-0.25, -0.2) is 4.39 Å². The number of rotatable bonds is 5. The molecule has 0 aliphatic heterocycles. The fourth-order valence-corrected chi connectivity index (χ4v) is 2.28. The van der Waals surface area contributed by atoms with Gasteiger partial charge in [-0.3, -0.25) is 0 Å². The largest absolute Gasteiger partial charge is 0.508 e. The normalized spacial score (nSPS) is 12.3. The molecule has 2 aromatic carbocycles. The van der Waals surface area contributed by atoms with E-state index in [1.54, 1.807) is 36.4 Å². The SMILES string of the molecule is Oc1ccc(Br)c(CNCC(O)c2ccccc2F)c1. The minimum Gasteiger partial charge on any atom is -0.508 e. The minimum absolute atomic E-state index is 0.180. The lowest BCUT2D eigenvalue weighted by atomic mass is 10.1. The third-order valence-corrected chi connectivity index (χ3v) is 3.72. The van der Waals surface area contributed by atoms with Crippen molar-refractivity contribution in [2.24, 2.45) is 0 Å². The van der Waals surface area contributed by atoms with E-state index in [4.69, 9.17) is 0 Å². The summed E-state index contributed by atoms with van der Waals surface area (Å²) in [6.45, 7) is 0.684. The minimum atomic E-state index is -0.910. The zero-order valence-corrected chi connectivity index (χ0v) is 12.3. The lowest BCUT2D eigenvalue weighted by Crippen LogP contribution is -2.21. The number of halogens is 2. The van der Waals surface area contributed by atoms with Crippen molar-refractivity contribution in [1.82, 2.24) is 5.32 Å². The first-order chi connectivity index (χ1) is 9.58. The lowest BCUT2D eigenvalue weighted by Gasteiger charge is -2.13. The molecule has 0 fully saturated rings. The highest BCUT2D eigenvalue weighted by Gasteiger charge is 2.11. The van der Waals surface area contributed by atoms with Gasteiger partial charge in [-0.05, 0) is 29.8 Å². The van der Waals surface area contributed by atoms with E-state index in [1.807, 2.05) is 0 Å². The lowest BCUT2D eigenvalue weighted by molar-refractivity contribution is 0.169. The summed E-state index contributed by atoms with van der Waals surface area (Å²) < 4.78 is 14.3. The molecule has 106 valence electrons. The Balaban J connectivity index is 1.93. The maximum Gasteiger partial charge on any atom is 0.129 e. The van der Waals surface area contributed by atoms with Crippen LogP contribution >= 0.6 is 15.9 Å². The number of hydrogen-bond donors (Lipinski definition) is 3. The second-order valence-electron chi connectivity index (χ2n) is 4.44. The van der Waals surface area contributed by atoms with Crippen LogP contribution in [0.2, 0.25) is 0 Å². The molecule has 3 N–H and O–H groups in total. The number of aliphatic hydroxyl groups is 1. The first-order valence-electron chi connectivity index (χ1n) is 6.18. The maximum atomic E-state index is 13.5. The molecule has 5 heteroatoms. The van der Waals surface area contributed by atoms with Crippen molar-refractivity contribution in [3.63, 3.8) is 0 Å². The number of aromatic hydroxyl groups is 1. The topological polar surface area (TPSA) is 52.5 Å². The molecule has 0 radical (unpaired) electrons. The van der Waals surface area contributed by atoms with Gasteiger partial charge in [0.15, 0.2) is 0 Å². The summed E-state index contributed by atoms with van der Waals surface area (Å²) in [5, 5.41) is 22.4. The van der Waals surface area contributed by atoms with Crippen LogP contribution < -0.4 is 5.32 Å². The Labute approximate surface area is 125 Å². The average molecular weight is 340 g/mol. The van der Waals surface area contributed by atoms with Gasteiger partial charge < -0.3 is 15.5 Å². The van der Waals surface area contributed by atoms with Gasteiger partial charge in [0.25, 0.3) is 0 Å². The second kappa shape index (κ2) is 6.83. The van der Waals surface area contributed by atoms with Gasteiger partial charge in [-0.2, -0.15) is 0 Å². The molecule has 0 aliphatic rings. The molecular formula is C15H15BrFNO2. The van der Waals surface area contributed by atoms with Crippen molar-refractivity contribution in [3.05, 3.63) is 63.9 Å². The Morgan fingerprint density at radius 1 is 1.20 bits per heavy atom. The molecule has 2 aromatic rings. The number of hydrogen-bond acceptors (Lipinski definition) is 3. The summed E-state index contributed by atoms with van der Waals surface area (Å²) in [6, 6.07) is 11.1. The number of phenolic OH excluding ortho intramolecular Hbond substituents is 1. The molecule has 2 rings (SSSR count). The van der Waals surface area contributed by atoms with Gasteiger partial charge in [0.1, 0.15) is 11.6 Å². The summed E-state index contributed by atoms with van der Waals surface area (Å²) in [5.74, 6) is -0.236. The van der Waals surface area contributed by atoms with E-state index < -0.39 is 11.9 Å². The zero-order valence-electron chi connectivity index (χ0n) is 10.7. The fraction of sp³-hybridized carbons (Fsp3) is 0.200. The zero-order chi connectivity index (χ0) is 14.5. The van der Waals surface area contributed by atoms with E-state index in [1.165, 1.54) is 6.07 Å². The third-order valence-electron chi connectivity index (χ3n) is 2.95. The predicted octanol–water partition coefficient (Wildman–Crippen LogP) is 3.12. The number of benzene rings is 2. The van der Waals surface area contributed by atoms with Gasteiger partial charge in [0.05, 0.1) is 6.10 Å². The standard InChI is InChI=1S/C15H15BrFNO2/c16-13-6-5-11(19)7-10(13)8-18-9-15(20)12-3-1-2-4-14(12)17/h1-7,15,18-20H,8-9H2. The van der Waals surface area contributed by atoms with Gasteiger partial charge in [-0.1, -0.05) is 34.1 Å². The highest BCUT2D eigenvalue weighted by Crippen LogP contribution is 2.22. The van der Waals surface area contributed by atoms with Gasteiger partial charge in [0.2, 0.25) is 0 Å². The van der Waals surface area contributed by atoms with Gasteiger partial charge in [0, 0.05) is 23.1 Å². The van der Waals surface area contributed by atoms with Crippen LogP contribution in [-0.2, 0) is 6.54 Å². The van der Waals surface area contributed by atoms with Crippen LogP contribution in [0.15, 0.2) is 46.9 Å². The number of nitrogens with one attached hydrogen (secondary N) is 1. The molecule has 1 unspecified atom stereocenters. The summed E-state index contributed by atoms with van der Waals surface area (Å²) in [6.07, 6.45) is -0.910. The second-order valence-corrected chi connectivity index (χ2v) is 5.30. The van der Waals surface area contributed by atoms with Crippen LogP contribution in [0.5, 0.6) is 5.75 Å².